The van der Waals surface area contributed by atoms with Gasteiger partial charge in [-0.1, -0.05) is 0 Å². The highest BCUT2D eigenvalue weighted by atomic mass is 79.9. The summed E-state index contributed by atoms with van der Waals surface area (Å²) >= 11 is 4.35. The lowest BCUT2D eigenvalue weighted by molar-refractivity contribution is 0.102. The van der Waals surface area contributed by atoms with E-state index in [4.69, 9.17) is 5.14 Å². The number of hydrogen-bond donors (Lipinski definition) is 2. The zero-order chi connectivity index (χ0) is 14.9. The van der Waals surface area contributed by atoms with Gasteiger partial charge in [0.1, 0.15) is 15.6 Å². The van der Waals surface area contributed by atoms with Gasteiger partial charge in [-0.25, -0.2) is 17.9 Å². The van der Waals surface area contributed by atoms with Crippen LogP contribution in [-0.2, 0) is 10.0 Å². The summed E-state index contributed by atoms with van der Waals surface area (Å²) in [6, 6.07) is 4.53. The predicted octanol–water partition coefficient (Wildman–Crippen LogP) is 2.55. The molecule has 0 aliphatic rings. The van der Waals surface area contributed by atoms with Crippen molar-refractivity contribution in [3.8, 4) is 0 Å². The van der Waals surface area contributed by atoms with Crippen molar-refractivity contribution in [2.45, 2.75) is 4.90 Å². The van der Waals surface area contributed by atoms with Gasteiger partial charge in [-0.05, 0) is 45.6 Å². The molecular weight excluding hydrogens is 371 g/mol. The first-order valence-corrected chi connectivity index (χ1v) is 8.37. The van der Waals surface area contributed by atoms with E-state index in [1.807, 2.05) is 0 Å². The maximum atomic E-state index is 13.2. The Morgan fingerprint density at radius 3 is 2.60 bits per heavy atom. The summed E-state index contributed by atoms with van der Waals surface area (Å²) in [6.45, 7) is 0. The first-order chi connectivity index (χ1) is 9.29. The number of nitrogens with two attached hydrogens (primary N) is 1. The normalized spacial score (nSPS) is 11.3. The fourth-order valence-corrected chi connectivity index (χ4v) is 3.60. The van der Waals surface area contributed by atoms with Crippen LogP contribution in [0.4, 0.5) is 10.1 Å². The van der Waals surface area contributed by atoms with Crippen LogP contribution < -0.4 is 10.5 Å². The number of thiophene rings is 1. The lowest BCUT2D eigenvalue weighted by Crippen LogP contribution is -2.18. The molecule has 0 radical (unpaired) electrons. The molecule has 0 unspecified atom stereocenters. The number of hydrogen-bond acceptors (Lipinski definition) is 4. The molecule has 106 valence electrons. The van der Waals surface area contributed by atoms with E-state index in [-0.39, 0.29) is 10.6 Å². The second kappa shape index (κ2) is 5.60. The number of sulfonamides is 1. The fraction of sp³-hybridized carbons (Fsp3) is 0. The zero-order valence-electron chi connectivity index (χ0n) is 9.76. The summed E-state index contributed by atoms with van der Waals surface area (Å²) in [7, 11) is -4.06. The van der Waals surface area contributed by atoms with Crippen LogP contribution in [0.2, 0.25) is 0 Å². The third kappa shape index (κ3) is 3.23. The molecule has 0 aliphatic heterocycles. The number of anilines is 1. The molecule has 20 heavy (non-hydrogen) atoms. The van der Waals surface area contributed by atoms with E-state index in [9.17, 15) is 17.6 Å². The fourth-order valence-electron chi connectivity index (χ4n) is 1.48. The largest absolute Gasteiger partial charge is 0.320 e. The molecule has 2 aromatic rings. The summed E-state index contributed by atoms with van der Waals surface area (Å²) in [5.41, 5.74) is -0.196. The summed E-state index contributed by atoms with van der Waals surface area (Å²) in [4.78, 5) is 12.0. The molecule has 1 aromatic carbocycles. The van der Waals surface area contributed by atoms with Crippen molar-refractivity contribution in [3.63, 3.8) is 0 Å². The highest BCUT2D eigenvalue weighted by molar-refractivity contribution is 9.10. The van der Waals surface area contributed by atoms with Gasteiger partial charge in [-0.2, -0.15) is 0 Å². The second-order valence-corrected chi connectivity index (χ2v) is 7.04. The quantitative estimate of drug-likeness (QED) is 0.859. The molecule has 9 heteroatoms. The van der Waals surface area contributed by atoms with Crippen molar-refractivity contribution in [1.29, 1.82) is 0 Å². The molecular formula is C11H8BrFN2O3S2. The Balaban J connectivity index is 2.41. The van der Waals surface area contributed by atoms with Crippen LogP contribution >= 0.6 is 27.3 Å². The van der Waals surface area contributed by atoms with Crippen LogP contribution in [0.15, 0.2) is 39.0 Å². The molecule has 2 rings (SSSR count). The summed E-state index contributed by atoms with van der Waals surface area (Å²) < 4.78 is 36.6. The average molecular weight is 379 g/mol. The SMILES string of the molecule is NS(=O)(=O)c1ccc(F)cc1NC(=O)c1sccc1Br. The minimum absolute atomic E-state index is 0.196. The van der Waals surface area contributed by atoms with E-state index in [0.29, 0.717) is 9.35 Å². The highest BCUT2D eigenvalue weighted by Gasteiger charge is 2.19. The Hall–Kier alpha value is -1.29. The van der Waals surface area contributed by atoms with Crippen molar-refractivity contribution in [3.05, 3.63) is 44.8 Å². The summed E-state index contributed by atoms with van der Waals surface area (Å²) in [6.07, 6.45) is 0. The number of nitrogens with one attached hydrogen (secondary N) is 1. The molecule has 1 heterocycles. The number of rotatable bonds is 3. The van der Waals surface area contributed by atoms with Gasteiger partial charge in [0.05, 0.1) is 5.69 Å². The van der Waals surface area contributed by atoms with Crippen LogP contribution in [0.25, 0.3) is 0 Å². The minimum atomic E-state index is -4.06. The lowest BCUT2D eigenvalue weighted by atomic mass is 10.3. The molecule has 5 nitrogen and oxygen atoms in total. The molecule has 0 bridgehead atoms. The van der Waals surface area contributed by atoms with Crippen LogP contribution in [-0.4, -0.2) is 14.3 Å². The molecule has 0 spiro atoms. The summed E-state index contributed by atoms with van der Waals surface area (Å²) in [5.74, 6) is -1.24. The van der Waals surface area contributed by atoms with Crippen molar-refractivity contribution >= 4 is 48.9 Å². The zero-order valence-corrected chi connectivity index (χ0v) is 13.0. The Bertz CT molecular complexity index is 774. The Morgan fingerprint density at radius 2 is 2.05 bits per heavy atom. The van der Waals surface area contributed by atoms with Crippen molar-refractivity contribution in [2.75, 3.05) is 5.32 Å². The van der Waals surface area contributed by atoms with Crippen molar-refractivity contribution < 1.29 is 17.6 Å². The van der Waals surface area contributed by atoms with Crippen LogP contribution in [0.3, 0.4) is 0 Å². The van der Waals surface area contributed by atoms with E-state index < -0.39 is 21.7 Å². The van der Waals surface area contributed by atoms with Crippen LogP contribution in [0.1, 0.15) is 9.67 Å². The smallest absolute Gasteiger partial charge is 0.266 e. The number of amides is 1. The number of halogens is 2. The number of carbonyl (C=O) groups is 1. The van der Waals surface area contributed by atoms with E-state index in [2.05, 4.69) is 21.2 Å². The first-order valence-electron chi connectivity index (χ1n) is 5.16. The number of primary sulfonamides is 1. The van der Waals surface area contributed by atoms with Crippen LogP contribution in [0.5, 0.6) is 0 Å². The van der Waals surface area contributed by atoms with Gasteiger partial charge in [-0.15, -0.1) is 11.3 Å². The molecule has 0 saturated heterocycles. The molecule has 3 N–H and O–H groups in total. The molecule has 0 aliphatic carbocycles. The Kier molecular flexibility index (Phi) is 4.23. The monoisotopic (exact) mass is 378 g/mol. The van der Waals surface area contributed by atoms with Gasteiger partial charge in [0.15, 0.2) is 0 Å². The Labute approximate surface area is 126 Å². The topological polar surface area (TPSA) is 89.3 Å². The lowest BCUT2D eigenvalue weighted by Gasteiger charge is -2.09. The van der Waals surface area contributed by atoms with E-state index in [1.54, 1.807) is 11.4 Å². The highest BCUT2D eigenvalue weighted by Crippen LogP contribution is 2.26. The molecule has 1 amide bonds. The van der Waals surface area contributed by atoms with E-state index >= 15 is 0 Å². The van der Waals surface area contributed by atoms with Gasteiger partial charge >= 0.3 is 0 Å². The maximum Gasteiger partial charge on any atom is 0.266 e. The molecule has 0 atom stereocenters. The maximum absolute atomic E-state index is 13.2. The van der Waals surface area contributed by atoms with Gasteiger partial charge < -0.3 is 5.32 Å². The Morgan fingerprint density at radius 1 is 1.35 bits per heavy atom. The third-order valence-electron chi connectivity index (χ3n) is 2.32. The van der Waals surface area contributed by atoms with E-state index in [0.717, 1.165) is 29.5 Å². The first kappa shape index (κ1) is 15.1. The molecule has 0 saturated carbocycles. The van der Waals surface area contributed by atoms with E-state index in [1.165, 1.54) is 0 Å². The van der Waals surface area contributed by atoms with Gasteiger partial charge in [0.2, 0.25) is 10.0 Å². The minimum Gasteiger partial charge on any atom is -0.320 e. The molecule has 1 aromatic heterocycles. The third-order valence-corrected chi connectivity index (χ3v) is 5.13. The summed E-state index contributed by atoms with van der Waals surface area (Å²) in [5, 5.41) is 9.05. The average Bonchev–Trinajstić information content (AvgIpc) is 2.73. The predicted molar refractivity (Wildman–Crippen MR) is 77.7 cm³/mol. The van der Waals surface area contributed by atoms with Gasteiger partial charge in [-0.3, -0.25) is 4.79 Å². The molecule has 0 fully saturated rings. The van der Waals surface area contributed by atoms with Gasteiger partial charge in [0, 0.05) is 4.47 Å². The van der Waals surface area contributed by atoms with Crippen molar-refractivity contribution in [2.24, 2.45) is 5.14 Å². The van der Waals surface area contributed by atoms with Crippen LogP contribution in [0, 0.1) is 5.82 Å². The standard InChI is InChI=1S/C11H8BrFN2O3S2/c12-7-3-4-19-10(7)11(16)15-8-5-6(13)1-2-9(8)20(14,17)18/h1-5H,(H,15,16)(H2,14,17,18). The second-order valence-electron chi connectivity index (χ2n) is 3.74. The number of benzene rings is 1. The van der Waals surface area contributed by atoms with Gasteiger partial charge in [0.25, 0.3) is 5.91 Å². The van der Waals surface area contributed by atoms with Crippen molar-refractivity contribution in [1.82, 2.24) is 0 Å². The number of carbonyl (C=O) groups excluding carboxylic acids is 1.